The Labute approximate surface area is 130 Å². The fraction of sp³-hybridized carbons (Fsp3) is 0.412. The van der Waals surface area contributed by atoms with Gasteiger partial charge in [-0.05, 0) is 56.0 Å². The maximum atomic E-state index is 6.42. The van der Waals surface area contributed by atoms with Crippen molar-refractivity contribution in [3.8, 4) is 0 Å². The molecule has 1 aliphatic carbocycles. The largest absolute Gasteiger partial charge is 0.467 e. The molecule has 1 aliphatic rings. The first-order valence-electron chi connectivity index (χ1n) is 7.47. The van der Waals surface area contributed by atoms with Gasteiger partial charge in [0, 0.05) is 22.8 Å². The standard InChI is InChI=1S/C17H21ClN2O/c1-12(19)10-15-16(18)5-2-6-17(15)20(13-7-8-13)11-14-4-3-9-21-14/h2-6,9,12-13H,7-8,10-11,19H2,1H3. The smallest absolute Gasteiger partial charge is 0.123 e. The lowest BCUT2D eigenvalue weighted by molar-refractivity contribution is 0.501. The zero-order chi connectivity index (χ0) is 14.8. The monoisotopic (exact) mass is 304 g/mol. The van der Waals surface area contributed by atoms with Gasteiger partial charge in [0.05, 0.1) is 12.8 Å². The predicted octanol–water partition coefficient (Wildman–Crippen LogP) is 3.99. The van der Waals surface area contributed by atoms with E-state index in [0.29, 0.717) is 6.04 Å². The molecule has 0 spiro atoms. The zero-order valence-corrected chi connectivity index (χ0v) is 13.0. The molecule has 112 valence electrons. The third-order valence-electron chi connectivity index (χ3n) is 3.82. The molecule has 1 saturated carbocycles. The van der Waals surface area contributed by atoms with Crippen molar-refractivity contribution in [2.45, 2.75) is 44.8 Å². The molecule has 21 heavy (non-hydrogen) atoms. The highest BCUT2D eigenvalue weighted by molar-refractivity contribution is 6.31. The second-order valence-corrected chi connectivity index (χ2v) is 6.26. The molecule has 1 fully saturated rings. The Balaban J connectivity index is 1.93. The number of benzene rings is 1. The first-order valence-corrected chi connectivity index (χ1v) is 7.85. The van der Waals surface area contributed by atoms with Crippen molar-refractivity contribution >= 4 is 17.3 Å². The Hall–Kier alpha value is -1.45. The molecule has 3 nitrogen and oxygen atoms in total. The molecular weight excluding hydrogens is 284 g/mol. The maximum Gasteiger partial charge on any atom is 0.123 e. The molecule has 4 heteroatoms. The number of rotatable bonds is 6. The lowest BCUT2D eigenvalue weighted by atomic mass is 10.0. The van der Waals surface area contributed by atoms with Crippen molar-refractivity contribution in [1.82, 2.24) is 0 Å². The first-order chi connectivity index (χ1) is 10.1. The minimum atomic E-state index is 0.0910. The molecule has 0 saturated heterocycles. The van der Waals surface area contributed by atoms with Crippen LogP contribution in [0.2, 0.25) is 5.02 Å². The van der Waals surface area contributed by atoms with Crippen molar-refractivity contribution < 1.29 is 4.42 Å². The van der Waals surface area contributed by atoms with Crippen LogP contribution in [0.3, 0.4) is 0 Å². The lowest BCUT2D eigenvalue weighted by Gasteiger charge is -2.27. The van der Waals surface area contributed by atoms with Crippen LogP contribution in [0, 0.1) is 0 Å². The van der Waals surface area contributed by atoms with Gasteiger partial charge in [-0.15, -0.1) is 0 Å². The van der Waals surface area contributed by atoms with Gasteiger partial charge in [0.15, 0.2) is 0 Å². The fourth-order valence-corrected chi connectivity index (χ4v) is 2.95. The number of hydrogen-bond donors (Lipinski definition) is 1. The van der Waals surface area contributed by atoms with Crippen molar-refractivity contribution in [2.75, 3.05) is 4.90 Å². The van der Waals surface area contributed by atoms with Crippen LogP contribution >= 0.6 is 11.6 Å². The van der Waals surface area contributed by atoms with Gasteiger partial charge in [0.1, 0.15) is 5.76 Å². The fourth-order valence-electron chi connectivity index (χ4n) is 2.71. The van der Waals surface area contributed by atoms with Crippen LogP contribution < -0.4 is 10.6 Å². The normalized spacial score (nSPS) is 16.0. The summed E-state index contributed by atoms with van der Waals surface area (Å²) in [6.45, 7) is 2.80. The third kappa shape index (κ3) is 3.42. The van der Waals surface area contributed by atoms with E-state index in [4.69, 9.17) is 21.8 Å². The van der Waals surface area contributed by atoms with Gasteiger partial charge in [-0.25, -0.2) is 0 Å². The molecule has 2 aromatic rings. The van der Waals surface area contributed by atoms with Gasteiger partial charge in [-0.3, -0.25) is 0 Å². The SMILES string of the molecule is CC(N)Cc1c(Cl)cccc1N(Cc1ccco1)C1CC1. The topological polar surface area (TPSA) is 42.4 Å². The quantitative estimate of drug-likeness (QED) is 0.877. The summed E-state index contributed by atoms with van der Waals surface area (Å²) in [6.07, 6.45) is 4.97. The van der Waals surface area contributed by atoms with E-state index in [1.54, 1.807) is 6.26 Å². The van der Waals surface area contributed by atoms with Crippen molar-refractivity contribution in [3.63, 3.8) is 0 Å². The molecule has 0 bridgehead atoms. The second kappa shape index (κ2) is 6.12. The summed E-state index contributed by atoms with van der Waals surface area (Å²) in [5.74, 6) is 0.980. The first kappa shape index (κ1) is 14.5. The number of hydrogen-bond acceptors (Lipinski definition) is 3. The molecule has 2 N–H and O–H groups in total. The highest BCUT2D eigenvalue weighted by atomic mass is 35.5. The van der Waals surface area contributed by atoms with Crippen LogP contribution in [-0.2, 0) is 13.0 Å². The van der Waals surface area contributed by atoms with Crippen molar-refractivity contribution in [3.05, 3.63) is 52.9 Å². The molecule has 0 radical (unpaired) electrons. The molecule has 1 aromatic heterocycles. The highest BCUT2D eigenvalue weighted by Crippen LogP contribution is 2.37. The zero-order valence-electron chi connectivity index (χ0n) is 12.3. The Kier molecular flexibility index (Phi) is 4.22. The van der Waals surface area contributed by atoms with Gasteiger partial charge in [-0.2, -0.15) is 0 Å². The van der Waals surface area contributed by atoms with Crippen molar-refractivity contribution in [1.29, 1.82) is 0 Å². The average Bonchev–Trinajstić information content (AvgIpc) is 3.15. The van der Waals surface area contributed by atoms with E-state index in [2.05, 4.69) is 11.0 Å². The van der Waals surface area contributed by atoms with Gasteiger partial charge >= 0.3 is 0 Å². The molecule has 0 aliphatic heterocycles. The number of anilines is 1. The van der Waals surface area contributed by atoms with Gasteiger partial charge in [0.25, 0.3) is 0 Å². The molecule has 3 rings (SSSR count). The molecule has 1 unspecified atom stereocenters. The van der Waals surface area contributed by atoms with E-state index in [9.17, 15) is 0 Å². The van der Waals surface area contributed by atoms with Crippen LogP contribution in [0.15, 0.2) is 41.0 Å². The van der Waals surface area contributed by atoms with E-state index in [1.165, 1.54) is 18.5 Å². The number of nitrogens with two attached hydrogens (primary N) is 1. The number of nitrogens with zero attached hydrogens (tertiary/aromatic N) is 1. The Morgan fingerprint density at radius 1 is 1.33 bits per heavy atom. The van der Waals surface area contributed by atoms with E-state index in [1.807, 2.05) is 31.2 Å². The predicted molar refractivity (Wildman–Crippen MR) is 86.7 cm³/mol. The Bertz CT molecular complexity index is 591. The van der Waals surface area contributed by atoms with Crippen LogP contribution in [-0.4, -0.2) is 12.1 Å². The lowest BCUT2D eigenvalue weighted by Crippen LogP contribution is -2.27. The summed E-state index contributed by atoms with van der Waals surface area (Å²) in [5.41, 5.74) is 8.33. The summed E-state index contributed by atoms with van der Waals surface area (Å²) in [7, 11) is 0. The summed E-state index contributed by atoms with van der Waals surface area (Å²) >= 11 is 6.42. The molecular formula is C17H21ClN2O. The van der Waals surface area contributed by atoms with Crippen molar-refractivity contribution in [2.24, 2.45) is 5.73 Å². The molecule has 1 heterocycles. The minimum Gasteiger partial charge on any atom is -0.467 e. The second-order valence-electron chi connectivity index (χ2n) is 5.86. The van der Waals surface area contributed by atoms with Gasteiger partial charge < -0.3 is 15.1 Å². The highest BCUT2D eigenvalue weighted by Gasteiger charge is 2.31. The number of furan rings is 1. The van der Waals surface area contributed by atoms with E-state index < -0.39 is 0 Å². The summed E-state index contributed by atoms with van der Waals surface area (Å²) in [4.78, 5) is 2.41. The molecule has 1 atom stereocenters. The summed E-state index contributed by atoms with van der Waals surface area (Å²) < 4.78 is 5.52. The average molecular weight is 305 g/mol. The van der Waals surface area contributed by atoms with Gasteiger partial charge in [0.2, 0.25) is 0 Å². The Morgan fingerprint density at radius 3 is 2.76 bits per heavy atom. The number of halogens is 1. The summed E-state index contributed by atoms with van der Waals surface area (Å²) in [5, 5.41) is 0.801. The molecule has 0 amide bonds. The maximum absolute atomic E-state index is 6.42. The van der Waals surface area contributed by atoms with Crippen LogP contribution in [0.1, 0.15) is 31.1 Å². The minimum absolute atomic E-state index is 0.0910. The Morgan fingerprint density at radius 2 is 2.14 bits per heavy atom. The van der Waals surface area contributed by atoms with Crippen LogP contribution in [0.25, 0.3) is 0 Å². The van der Waals surface area contributed by atoms with E-state index >= 15 is 0 Å². The summed E-state index contributed by atoms with van der Waals surface area (Å²) in [6, 6.07) is 10.7. The van der Waals surface area contributed by atoms with Crippen LogP contribution in [0.4, 0.5) is 5.69 Å². The third-order valence-corrected chi connectivity index (χ3v) is 4.18. The van der Waals surface area contributed by atoms with E-state index in [0.717, 1.165) is 29.3 Å². The van der Waals surface area contributed by atoms with E-state index in [-0.39, 0.29) is 6.04 Å². The van der Waals surface area contributed by atoms with Crippen LogP contribution in [0.5, 0.6) is 0 Å². The van der Waals surface area contributed by atoms with Gasteiger partial charge in [-0.1, -0.05) is 17.7 Å². The molecule has 1 aromatic carbocycles.